The Hall–Kier alpha value is -1.85. The molecule has 0 saturated heterocycles. The number of aryl methyl sites for hydroxylation is 2. The molecule has 1 rings (SSSR count). The molecule has 0 radical (unpaired) electrons. The van der Waals surface area contributed by atoms with Crippen LogP contribution in [-0.2, 0) is 6.54 Å². The second-order valence-corrected chi connectivity index (χ2v) is 2.86. The van der Waals surface area contributed by atoms with Gasteiger partial charge in [-0.05, 0) is 13.8 Å². The van der Waals surface area contributed by atoms with Crippen molar-refractivity contribution in [3.8, 4) is 5.75 Å². The number of hydrogen-bond acceptors (Lipinski definition) is 4. The van der Waals surface area contributed by atoms with E-state index in [9.17, 15) is 20.0 Å². The predicted molar refractivity (Wildman–Crippen MR) is 49.4 cm³/mol. The maximum atomic E-state index is 11.4. The summed E-state index contributed by atoms with van der Waals surface area (Å²) in [7, 11) is 0. The van der Waals surface area contributed by atoms with E-state index < -0.39 is 21.9 Å². The maximum absolute atomic E-state index is 11.4. The summed E-state index contributed by atoms with van der Waals surface area (Å²) in [4.78, 5) is 21.0. The van der Waals surface area contributed by atoms with Crippen LogP contribution in [0.5, 0.6) is 5.75 Å². The van der Waals surface area contributed by atoms with E-state index in [1.54, 1.807) is 6.92 Å². The average molecular weight is 198 g/mol. The van der Waals surface area contributed by atoms with Gasteiger partial charge in [-0.25, -0.2) is 0 Å². The first kappa shape index (κ1) is 10.2. The fraction of sp³-hybridized carbons (Fsp3) is 0.375. The molecule has 1 N–H and O–H groups in total. The van der Waals surface area contributed by atoms with Gasteiger partial charge in [-0.2, -0.15) is 0 Å². The molecule has 6 heteroatoms. The molecule has 1 aromatic rings. The van der Waals surface area contributed by atoms with Crippen molar-refractivity contribution >= 4 is 5.69 Å². The Kier molecular flexibility index (Phi) is 2.55. The van der Waals surface area contributed by atoms with Crippen LogP contribution < -0.4 is 5.56 Å². The minimum Gasteiger partial charge on any atom is -0.502 e. The molecule has 0 aromatic carbocycles. The molecule has 0 atom stereocenters. The fourth-order valence-corrected chi connectivity index (χ4v) is 1.18. The summed E-state index contributed by atoms with van der Waals surface area (Å²) in [6.07, 6.45) is 1.39. The lowest BCUT2D eigenvalue weighted by Crippen LogP contribution is -2.22. The molecular weight excluding hydrogens is 188 g/mol. The molecule has 76 valence electrons. The van der Waals surface area contributed by atoms with Gasteiger partial charge in [0.2, 0.25) is 5.75 Å². The van der Waals surface area contributed by atoms with Gasteiger partial charge in [0.1, 0.15) is 0 Å². The summed E-state index contributed by atoms with van der Waals surface area (Å²) >= 11 is 0. The van der Waals surface area contributed by atoms with Gasteiger partial charge >= 0.3 is 11.2 Å². The van der Waals surface area contributed by atoms with Crippen molar-refractivity contribution in [3.63, 3.8) is 0 Å². The molecule has 0 bridgehead atoms. The van der Waals surface area contributed by atoms with Crippen LogP contribution in [0.2, 0.25) is 0 Å². The number of aromatic nitrogens is 1. The number of rotatable bonds is 2. The van der Waals surface area contributed by atoms with Crippen molar-refractivity contribution in [2.75, 3.05) is 0 Å². The fourth-order valence-electron chi connectivity index (χ4n) is 1.18. The highest BCUT2D eigenvalue weighted by molar-refractivity contribution is 5.47. The van der Waals surface area contributed by atoms with E-state index in [1.165, 1.54) is 17.7 Å². The number of nitrogens with zero attached hydrogens (tertiary/aromatic N) is 2. The molecule has 0 unspecified atom stereocenters. The standard InChI is InChI=1S/C8H10N2O4/c1-3-9-4-5(2)7(11)6(8(9)12)10(13)14/h4,11H,3H2,1-2H3. The molecular formula is C8H10N2O4. The molecule has 1 heterocycles. The Morgan fingerprint density at radius 3 is 2.64 bits per heavy atom. The van der Waals surface area contributed by atoms with E-state index in [0.717, 1.165) is 0 Å². The zero-order valence-electron chi connectivity index (χ0n) is 7.85. The van der Waals surface area contributed by atoms with Gasteiger partial charge in [0.25, 0.3) is 0 Å². The predicted octanol–water partition coefficient (Wildman–Crippen LogP) is 0.790. The second kappa shape index (κ2) is 3.49. The first-order valence-electron chi connectivity index (χ1n) is 4.06. The largest absolute Gasteiger partial charge is 0.502 e. The molecule has 0 aliphatic carbocycles. The third-order valence-corrected chi connectivity index (χ3v) is 1.93. The monoisotopic (exact) mass is 198 g/mol. The lowest BCUT2D eigenvalue weighted by molar-refractivity contribution is -0.387. The molecule has 0 saturated carbocycles. The van der Waals surface area contributed by atoms with Crippen molar-refractivity contribution in [2.24, 2.45) is 0 Å². The summed E-state index contributed by atoms with van der Waals surface area (Å²) in [6, 6.07) is 0. The van der Waals surface area contributed by atoms with Gasteiger partial charge in [0.05, 0.1) is 4.92 Å². The van der Waals surface area contributed by atoms with Gasteiger partial charge < -0.3 is 9.67 Å². The average Bonchev–Trinajstić information content (AvgIpc) is 2.11. The zero-order chi connectivity index (χ0) is 10.9. The first-order chi connectivity index (χ1) is 6.49. The van der Waals surface area contributed by atoms with Crippen molar-refractivity contribution in [1.82, 2.24) is 4.57 Å². The molecule has 0 fully saturated rings. The van der Waals surface area contributed by atoms with Crippen LogP contribution in [0.3, 0.4) is 0 Å². The molecule has 0 amide bonds. The van der Waals surface area contributed by atoms with Crippen LogP contribution in [0.1, 0.15) is 12.5 Å². The van der Waals surface area contributed by atoms with E-state index in [0.29, 0.717) is 12.1 Å². The maximum Gasteiger partial charge on any atom is 0.375 e. The smallest absolute Gasteiger partial charge is 0.375 e. The third kappa shape index (κ3) is 1.46. The quantitative estimate of drug-likeness (QED) is 0.562. The Balaban J connectivity index is 3.62. The van der Waals surface area contributed by atoms with Crippen molar-refractivity contribution in [1.29, 1.82) is 0 Å². The molecule has 0 aliphatic heterocycles. The summed E-state index contributed by atoms with van der Waals surface area (Å²) in [5.74, 6) is -0.551. The molecule has 6 nitrogen and oxygen atoms in total. The van der Waals surface area contributed by atoms with E-state index >= 15 is 0 Å². The van der Waals surface area contributed by atoms with E-state index in [4.69, 9.17) is 0 Å². The second-order valence-electron chi connectivity index (χ2n) is 2.86. The highest BCUT2D eigenvalue weighted by Gasteiger charge is 2.22. The van der Waals surface area contributed by atoms with Gasteiger partial charge in [-0.1, -0.05) is 0 Å². The number of hydrogen-bond donors (Lipinski definition) is 1. The Labute approximate surface area is 79.6 Å². The van der Waals surface area contributed by atoms with Crippen LogP contribution in [0.15, 0.2) is 11.0 Å². The first-order valence-corrected chi connectivity index (χ1v) is 4.06. The molecule has 14 heavy (non-hydrogen) atoms. The lowest BCUT2D eigenvalue weighted by Gasteiger charge is -2.05. The van der Waals surface area contributed by atoms with Crippen LogP contribution in [0, 0.1) is 17.0 Å². The summed E-state index contributed by atoms with van der Waals surface area (Å²) < 4.78 is 1.19. The van der Waals surface area contributed by atoms with Crippen LogP contribution in [0.4, 0.5) is 5.69 Å². The molecule has 0 aliphatic rings. The van der Waals surface area contributed by atoms with Gasteiger partial charge in [-0.15, -0.1) is 0 Å². The van der Waals surface area contributed by atoms with Crippen LogP contribution >= 0.6 is 0 Å². The Morgan fingerprint density at radius 2 is 2.21 bits per heavy atom. The summed E-state index contributed by atoms with van der Waals surface area (Å²) in [5, 5.41) is 19.8. The summed E-state index contributed by atoms with van der Waals surface area (Å²) in [5.41, 5.74) is -1.22. The van der Waals surface area contributed by atoms with E-state index in [2.05, 4.69) is 0 Å². The number of pyridine rings is 1. The highest BCUT2D eigenvalue weighted by atomic mass is 16.6. The summed E-state index contributed by atoms with van der Waals surface area (Å²) in [6.45, 7) is 3.54. The molecule has 0 spiro atoms. The van der Waals surface area contributed by atoms with Crippen molar-refractivity contribution in [2.45, 2.75) is 20.4 Å². The van der Waals surface area contributed by atoms with Crippen molar-refractivity contribution < 1.29 is 10.0 Å². The van der Waals surface area contributed by atoms with Gasteiger partial charge in [0, 0.05) is 18.3 Å². The topological polar surface area (TPSA) is 85.4 Å². The number of nitro groups is 1. The van der Waals surface area contributed by atoms with E-state index in [1.807, 2.05) is 0 Å². The third-order valence-electron chi connectivity index (χ3n) is 1.93. The highest BCUT2D eigenvalue weighted by Crippen LogP contribution is 2.24. The van der Waals surface area contributed by atoms with Crippen LogP contribution in [0.25, 0.3) is 0 Å². The van der Waals surface area contributed by atoms with Crippen molar-refractivity contribution in [3.05, 3.63) is 32.2 Å². The van der Waals surface area contributed by atoms with E-state index in [-0.39, 0.29) is 0 Å². The minimum atomic E-state index is -0.864. The van der Waals surface area contributed by atoms with Gasteiger partial charge in [-0.3, -0.25) is 14.9 Å². The van der Waals surface area contributed by atoms with Crippen LogP contribution in [-0.4, -0.2) is 14.6 Å². The normalized spacial score (nSPS) is 10.1. The van der Waals surface area contributed by atoms with Gasteiger partial charge in [0.15, 0.2) is 0 Å². The minimum absolute atomic E-state index is 0.318. The SMILES string of the molecule is CCn1cc(C)c(O)c([N+](=O)[O-])c1=O. The zero-order valence-corrected chi connectivity index (χ0v) is 7.85. The lowest BCUT2D eigenvalue weighted by atomic mass is 10.2. The number of aromatic hydroxyl groups is 1. The Bertz CT molecular complexity index is 436. The Morgan fingerprint density at radius 1 is 1.64 bits per heavy atom. The molecule has 1 aromatic heterocycles.